The average Bonchev–Trinajstić information content (AvgIpc) is 1.61. The van der Waals surface area contributed by atoms with Crippen LogP contribution in [0.25, 0.3) is 68.1 Å². The monoisotopic (exact) mass is 2010 g/mol. The number of ether oxygens (including phenoxy) is 5. The van der Waals surface area contributed by atoms with Gasteiger partial charge in [0, 0.05) is 184 Å². The summed E-state index contributed by atoms with van der Waals surface area (Å²) in [6.07, 6.45) is 23.1. The Morgan fingerprint density at radius 1 is 0.329 bits per heavy atom. The normalized spacial score (nSPS) is 21.2. The lowest BCUT2D eigenvalue weighted by Crippen LogP contribution is -2.44. The van der Waals surface area contributed by atoms with Gasteiger partial charge < -0.3 is 48.2 Å². The summed E-state index contributed by atoms with van der Waals surface area (Å²) < 4.78 is 132. The number of fused-ring (bicyclic) bond motifs is 2. The van der Waals surface area contributed by atoms with Crippen LogP contribution in [-0.4, -0.2) is 292 Å². The van der Waals surface area contributed by atoms with E-state index in [2.05, 4.69) is 119 Å². The maximum absolute atomic E-state index is 14.6. The summed E-state index contributed by atoms with van der Waals surface area (Å²) in [4.78, 5) is 79.9. The first-order valence-electron chi connectivity index (χ1n) is 47.5. The molecule has 10 aromatic heterocycles. The highest BCUT2D eigenvalue weighted by Crippen LogP contribution is 2.40. The number of morpholine rings is 5. The molecule has 744 valence electrons. The van der Waals surface area contributed by atoms with Crippen LogP contribution < -0.4 is 24.5 Å². The zero-order valence-corrected chi connectivity index (χ0v) is 86.2. The smallest absolute Gasteiger partial charge is 0.239 e. The van der Waals surface area contributed by atoms with Gasteiger partial charge in [0.25, 0.3) is 0 Å². The summed E-state index contributed by atoms with van der Waals surface area (Å²) in [5.74, 6) is 9.34. The van der Waals surface area contributed by atoms with Crippen molar-refractivity contribution >= 4 is 129 Å². The molecule has 5 aliphatic heterocycles. The second kappa shape index (κ2) is 42.5. The van der Waals surface area contributed by atoms with Crippen molar-refractivity contribution in [2.45, 2.75) is 172 Å². The Labute approximate surface area is 819 Å². The Morgan fingerprint density at radius 2 is 0.621 bits per heavy atom. The molecule has 21 rings (SSSR count). The number of aromatic nitrogens is 17. The Bertz CT molecular complexity index is 6860. The Kier molecular flexibility index (Phi) is 30.4. The molecule has 2 unspecified atom stereocenters. The van der Waals surface area contributed by atoms with Gasteiger partial charge >= 0.3 is 0 Å². The van der Waals surface area contributed by atoms with Gasteiger partial charge in [-0.15, -0.1) is 0 Å². The molecule has 0 N–H and O–H groups in total. The van der Waals surface area contributed by atoms with E-state index >= 15 is 0 Å². The van der Waals surface area contributed by atoms with E-state index in [9.17, 15) is 25.4 Å². The highest BCUT2D eigenvalue weighted by atomic mass is 32.2. The van der Waals surface area contributed by atoms with Gasteiger partial charge in [0.15, 0.2) is 46.6 Å². The molecule has 43 heteroatoms. The lowest BCUT2D eigenvalue weighted by molar-refractivity contribution is 0.0985. The largest absolute Gasteiger partial charge is 0.377 e. The number of benzene rings is 2. The topological polar surface area (TPSA) is 413 Å². The SMILES string of the molecule is Cc1ccc(-c2nc(N=S(C)(=O)C3CC3)cc(N3CCOC[C@H]3C)n2)cn1.Cc1ccc(-c2nc(N=[S@@](C)(=O)C3CC3)cc(N3CCOC[C@H]3C)n2)cn1.Cc1ccc(-c2nc(N=[S@](C)(=O)C3CC3)cc(N3CCOC[C@H]3C)n2)cn1.Cc1nc2cccc(F)c2n1-c1nc(N=S(C)(C)=O)cc(N2CCOC[C@H]2C)n1.Cc1nc2ccccc2n1-c1nc(N=S(C)(=O)C2CC2)cc(N2CCOC[C@H]2C)n1. The molecule has 15 heterocycles. The molecule has 0 spiro atoms. The predicted molar refractivity (Wildman–Crippen MR) is 550 cm³/mol. The zero-order valence-electron chi connectivity index (χ0n) is 82.2. The lowest BCUT2D eigenvalue weighted by Gasteiger charge is -2.34. The first kappa shape index (κ1) is 100. The van der Waals surface area contributed by atoms with Crippen LogP contribution in [0.3, 0.4) is 0 Å². The minimum absolute atomic E-state index is 0.101. The number of para-hydroxylation sites is 3. The van der Waals surface area contributed by atoms with Crippen LogP contribution in [0, 0.1) is 40.4 Å². The lowest BCUT2D eigenvalue weighted by atomic mass is 10.2. The number of imidazole rings is 2. The Balaban J connectivity index is 0.000000121. The second-order valence-corrected chi connectivity index (χ2v) is 50.4. The fourth-order valence-corrected chi connectivity index (χ4v) is 24.0. The molecule has 9 fully saturated rings. The molecule has 4 saturated carbocycles. The summed E-state index contributed by atoms with van der Waals surface area (Å²) in [6, 6.07) is 34.4. The molecule has 140 heavy (non-hydrogen) atoms. The molecule has 0 amide bonds. The Hall–Kier alpha value is -11.3. The first-order chi connectivity index (χ1) is 66.9. The van der Waals surface area contributed by atoms with Gasteiger partial charge in [-0.2, -0.15) is 41.7 Å². The molecule has 9 atom stereocenters. The first-order valence-corrected chi connectivity index (χ1v) is 57.8. The number of rotatable bonds is 19. The minimum Gasteiger partial charge on any atom is -0.377 e. The third kappa shape index (κ3) is 24.9. The fraction of sp³-hybridized carbons (Fsp3) is 0.495. The molecule has 0 bridgehead atoms. The summed E-state index contributed by atoms with van der Waals surface area (Å²) in [5.41, 5.74) is 7.94. The number of hydrogen-bond acceptors (Lipinski definition) is 35. The van der Waals surface area contributed by atoms with Crippen molar-refractivity contribution in [2.75, 3.05) is 161 Å². The molecule has 12 aromatic rings. The Morgan fingerprint density at radius 3 is 0.936 bits per heavy atom. The van der Waals surface area contributed by atoms with E-state index in [1.807, 2.05) is 124 Å². The van der Waals surface area contributed by atoms with E-state index in [0.717, 1.165) is 151 Å². The van der Waals surface area contributed by atoms with Crippen molar-refractivity contribution in [3.63, 3.8) is 0 Å². The minimum atomic E-state index is -2.44. The van der Waals surface area contributed by atoms with Crippen LogP contribution >= 0.6 is 0 Å². The fourth-order valence-electron chi connectivity index (χ4n) is 16.9. The number of aryl methyl sites for hydroxylation is 5. The maximum atomic E-state index is 14.6. The maximum Gasteiger partial charge on any atom is 0.239 e. The number of nitrogens with zero attached hydrogens (tertiary/aromatic N) is 27. The summed E-state index contributed by atoms with van der Waals surface area (Å²) in [7, 11) is -11.6. The molecule has 4 aliphatic carbocycles. The third-order valence-electron chi connectivity index (χ3n) is 25.2. The van der Waals surface area contributed by atoms with Crippen molar-refractivity contribution in [3.05, 3.63) is 162 Å². The molecular weight excluding hydrogens is 1880 g/mol. The molecule has 0 radical (unpaired) electrons. The van der Waals surface area contributed by atoms with Crippen molar-refractivity contribution in [1.82, 2.24) is 83.9 Å². The van der Waals surface area contributed by atoms with E-state index in [-0.39, 0.29) is 63.0 Å². The van der Waals surface area contributed by atoms with E-state index in [1.54, 1.807) is 85.8 Å². The van der Waals surface area contributed by atoms with Crippen LogP contribution in [0.5, 0.6) is 0 Å². The van der Waals surface area contributed by atoms with Crippen LogP contribution in [0.4, 0.5) is 62.6 Å². The zero-order chi connectivity index (χ0) is 98.7. The van der Waals surface area contributed by atoms with Crippen LogP contribution in [-0.2, 0) is 72.3 Å². The number of pyridine rings is 3. The molecule has 2 aromatic carbocycles. The standard InChI is InChI=1S/C21H26N6O2S.C19H23FN6O2S.3C19H25N5O2S/c1-14-13-29-11-10-26(14)20-12-19(25-30(3,28)16-8-9-16)23-21(24-20)27-15(2)22-17-6-4-5-7-18(17)27;1-12-11-28-9-8-25(12)17-10-16(24-29(3,4)27)22-19(23-17)26-13(2)21-15-7-5-6-14(20)18(15)26;3*1-13-4-5-15(11-20-13)19-21-17(23-27(3,25)16-6-7-16)10-18(22-19)24-8-9-26-12-14(24)2/h4-7,12,14,16H,8-11,13H2,1-3H3;5-7,10,12H,8-9,11H2,1-4H3;3*4-5,10-11,14,16H,6-9,12H2,1-3H3/t14-,30?;12-;14-,27?;14-,27+;14-,27-/m11111/s1. The van der Waals surface area contributed by atoms with Crippen LogP contribution in [0.15, 0.2) is 150 Å². The van der Waals surface area contributed by atoms with Gasteiger partial charge in [0.05, 0.1) is 152 Å². The second-order valence-electron chi connectivity index (χ2n) is 37.6. The molecule has 9 aliphatic rings. The van der Waals surface area contributed by atoms with Gasteiger partial charge in [-0.1, -0.05) is 18.2 Å². The summed E-state index contributed by atoms with van der Waals surface area (Å²) in [5, 5.41) is 0.714. The van der Waals surface area contributed by atoms with Crippen LogP contribution in [0.2, 0.25) is 0 Å². The third-order valence-corrected chi connectivity index (χ3v) is 34.9. The van der Waals surface area contributed by atoms with Crippen LogP contribution in [0.1, 0.15) is 115 Å². The highest BCUT2D eigenvalue weighted by molar-refractivity contribution is 7.94. The van der Waals surface area contributed by atoms with Gasteiger partial charge in [-0.3, -0.25) is 24.1 Å². The van der Waals surface area contributed by atoms with Gasteiger partial charge in [-0.25, -0.2) is 65.3 Å². The average molecular weight is 2010 g/mol. The van der Waals surface area contributed by atoms with Gasteiger partial charge in [-0.05, 0) is 181 Å². The summed E-state index contributed by atoms with van der Waals surface area (Å²) in [6.45, 7) is 30.1. The number of anilines is 5. The highest BCUT2D eigenvalue weighted by Gasteiger charge is 2.37. The van der Waals surface area contributed by atoms with Crippen molar-refractivity contribution < 1.29 is 49.1 Å². The van der Waals surface area contributed by atoms with E-state index in [1.165, 1.54) is 6.07 Å². The van der Waals surface area contributed by atoms with E-state index in [4.69, 9.17) is 53.6 Å². The predicted octanol–water partition coefficient (Wildman–Crippen LogP) is 15.0. The van der Waals surface area contributed by atoms with E-state index in [0.29, 0.717) is 142 Å². The number of halogens is 1. The summed E-state index contributed by atoms with van der Waals surface area (Å²) >= 11 is 0. The van der Waals surface area contributed by atoms with E-state index < -0.39 is 54.5 Å². The van der Waals surface area contributed by atoms with Crippen molar-refractivity contribution in [2.24, 2.45) is 21.8 Å². The van der Waals surface area contributed by atoms with Crippen molar-refractivity contribution in [3.8, 4) is 46.1 Å². The molecule has 37 nitrogen and oxygen atoms in total. The van der Waals surface area contributed by atoms with Crippen molar-refractivity contribution in [1.29, 1.82) is 0 Å². The number of hydrogen-bond donors (Lipinski definition) is 0. The molecular formula is C97H124FN27O10S5. The van der Waals surface area contributed by atoms with Gasteiger partial charge in [0.1, 0.15) is 52.1 Å². The quantitative estimate of drug-likeness (QED) is 0.0725. The molecule has 5 saturated heterocycles. The van der Waals surface area contributed by atoms with Gasteiger partial charge in [0.2, 0.25) is 11.9 Å².